The van der Waals surface area contributed by atoms with Crippen molar-refractivity contribution in [1.82, 2.24) is 10.6 Å². The predicted molar refractivity (Wildman–Crippen MR) is 101 cm³/mol. The van der Waals surface area contributed by atoms with Crippen LogP contribution in [0.2, 0.25) is 0 Å². The van der Waals surface area contributed by atoms with Crippen LogP contribution in [0.4, 0.5) is 4.79 Å². The van der Waals surface area contributed by atoms with Crippen molar-refractivity contribution < 1.29 is 29.3 Å². The molecular weight excluding hydrogens is 364 g/mol. The summed E-state index contributed by atoms with van der Waals surface area (Å²) in [6.45, 7) is 0.262. The van der Waals surface area contributed by atoms with E-state index in [4.69, 9.17) is 4.74 Å². The van der Waals surface area contributed by atoms with Crippen LogP contribution >= 0.6 is 0 Å². The number of ether oxygens (including phenoxy) is 1. The molecule has 4 N–H and O–H groups in total. The van der Waals surface area contributed by atoms with Gasteiger partial charge in [-0.1, -0.05) is 36.4 Å². The number of benzene rings is 2. The van der Waals surface area contributed by atoms with E-state index in [2.05, 4.69) is 10.6 Å². The highest BCUT2D eigenvalue weighted by molar-refractivity contribution is 5.94. The van der Waals surface area contributed by atoms with Gasteiger partial charge in [0.05, 0.1) is 0 Å². The number of alkyl carbamates (subject to hydrolysis) is 1. The number of hydrogen-bond acceptors (Lipinski definition) is 5. The van der Waals surface area contributed by atoms with Gasteiger partial charge in [0.2, 0.25) is 0 Å². The third kappa shape index (κ3) is 6.99. The fourth-order valence-electron chi connectivity index (χ4n) is 2.42. The maximum Gasteiger partial charge on any atom is 0.408 e. The van der Waals surface area contributed by atoms with Crippen molar-refractivity contribution in [2.24, 2.45) is 0 Å². The van der Waals surface area contributed by atoms with E-state index in [9.17, 15) is 24.6 Å². The van der Waals surface area contributed by atoms with Gasteiger partial charge in [-0.25, -0.2) is 9.59 Å². The lowest BCUT2D eigenvalue weighted by Gasteiger charge is -2.15. The molecule has 8 nitrogen and oxygen atoms in total. The van der Waals surface area contributed by atoms with Gasteiger partial charge >= 0.3 is 12.1 Å². The Hall–Kier alpha value is -3.55. The van der Waals surface area contributed by atoms with Gasteiger partial charge < -0.3 is 25.6 Å². The molecule has 0 radical (unpaired) electrons. The molecule has 2 amide bonds. The highest BCUT2D eigenvalue weighted by Gasteiger charge is 2.20. The first-order chi connectivity index (χ1) is 13.5. The molecule has 0 aliphatic rings. The van der Waals surface area contributed by atoms with Crippen LogP contribution in [0.25, 0.3) is 0 Å². The first-order valence-corrected chi connectivity index (χ1v) is 8.73. The fraction of sp³-hybridized carbons (Fsp3) is 0.250. The molecule has 0 aromatic heterocycles. The monoisotopic (exact) mass is 386 g/mol. The summed E-state index contributed by atoms with van der Waals surface area (Å²) in [5.74, 6) is -1.58. The molecule has 0 bridgehead atoms. The normalized spacial score (nSPS) is 11.3. The Labute approximate surface area is 162 Å². The Morgan fingerprint density at radius 1 is 1.04 bits per heavy atom. The molecule has 0 aliphatic heterocycles. The van der Waals surface area contributed by atoms with Crippen molar-refractivity contribution in [1.29, 1.82) is 0 Å². The number of carbonyl (C=O) groups excluding carboxylic acids is 2. The fourth-order valence-corrected chi connectivity index (χ4v) is 2.42. The van der Waals surface area contributed by atoms with Crippen molar-refractivity contribution in [2.75, 3.05) is 6.54 Å². The van der Waals surface area contributed by atoms with Gasteiger partial charge in [-0.3, -0.25) is 4.79 Å². The summed E-state index contributed by atoms with van der Waals surface area (Å²) in [5, 5.41) is 23.6. The number of carboxylic acid groups (broad SMARTS) is 1. The zero-order valence-corrected chi connectivity index (χ0v) is 15.1. The van der Waals surface area contributed by atoms with Crippen molar-refractivity contribution in [3.8, 4) is 5.75 Å². The highest BCUT2D eigenvalue weighted by atomic mass is 16.5. The Balaban J connectivity index is 1.72. The van der Waals surface area contributed by atoms with E-state index in [-0.39, 0.29) is 31.2 Å². The number of hydrogen-bond donors (Lipinski definition) is 4. The van der Waals surface area contributed by atoms with Gasteiger partial charge in [-0.05, 0) is 36.6 Å². The summed E-state index contributed by atoms with van der Waals surface area (Å²) in [4.78, 5) is 35.1. The van der Waals surface area contributed by atoms with Crippen LogP contribution in [-0.2, 0) is 16.1 Å². The van der Waals surface area contributed by atoms with Gasteiger partial charge in [0.25, 0.3) is 5.91 Å². The van der Waals surface area contributed by atoms with Gasteiger partial charge in [0.1, 0.15) is 18.4 Å². The van der Waals surface area contributed by atoms with Crippen LogP contribution in [0.3, 0.4) is 0 Å². The van der Waals surface area contributed by atoms with Gasteiger partial charge in [-0.2, -0.15) is 0 Å². The minimum Gasteiger partial charge on any atom is -0.508 e. The van der Waals surface area contributed by atoms with Crippen molar-refractivity contribution in [3.05, 3.63) is 65.7 Å². The smallest absolute Gasteiger partial charge is 0.408 e. The highest BCUT2D eigenvalue weighted by Crippen LogP contribution is 2.10. The third-order valence-corrected chi connectivity index (χ3v) is 3.87. The summed E-state index contributed by atoms with van der Waals surface area (Å²) >= 11 is 0. The molecule has 0 fully saturated rings. The number of aliphatic carboxylic acids is 1. The topological polar surface area (TPSA) is 125 Å². The van der Waals surface area contributed by atoms with Crippen LogP contribution in [0.1, 0.15) is 28.8 Å². The molecule has 0 saturated carbocycles. The average Bonchev–Trinajstić information content (AvgIpc) is 2.69. The number of phenolic OH excluding ortho intramolecular Hbond substituents is 1. The molecule has 0 aliphatic carbocycles. The second-order valence-corrected chi connectivity index (χ2v) is 6.05. The van der Waals surface area contributed by atoms with Gasteiger partial charge in [0, 0.05) is 12.1 Å². The maximum absolute atomic E-state index is 11.9. The summed E-state index contributed by atoms with van der Waals surface area (Å²) in [6, 6.07) is 13.8. The van der Waals surface area contributed by atoms with Crippen molar-refractivity contribution >= 4 is 18.0 Å². The largest absolute Gasteiger partial charge is 0.508 e. The molecular formula is C20H22N2O6. The van der Waals surface area contributed by atoms with Crippen LogP contribution in [0.15, 0.2) is 54.6 Å². The number of aromatic hydroxyl groups is 1. The first kappa shape index (κ1) is 20.8. The van der Waals surface area contributed by atoms with E-state index < -0.39 is 18.1 Å². The molecule has 2 aromatic rings. The molecule has 2 rings (SSSR count). The van der Waals surface area contributed by atoms with E-state index in [1.165, 1.54) is 12.1 Å². The predicted octanol–water partition coefficient (Wildman–Crippen LogP) is 2.28. The number of amides is 2. The number of carbonyl (C=O) groups is 3. The van der Waals surface area contributed by atoms with E-state index in [0.717, 1.165) is 5.56 Å². The minimum absolute atomic E-state index is 0.0168. The number of carboxylic acids is 1. The van der Waals surface area contributed by atoms with Crippen molar-refractivity contribution in [3.63, 3.8) is 0 Å². The average molecular weight is 386 g/mol. The summed E-state index contributed by atoms with van der Waals surface area (Å²) in [5.41, 5.74) is 1.09. The molecule has 1 unspecified atom stereocenters. The van der Waals surface area contributed by atoms with Crippen LogP contribution in [0.5, 0.6) is 5.75 Å². The van der Waals surface area contributed by atoms with Crippen LogP contribution in [-0.4, -0.2) is 40.8 Å². The Morgan fingerprint density at radius 2 is 1.79 bits per heavy atom. The van der Waals surface area contributed by atoms with Gasteiger partial charge in [-0.15, -0.1) is 0 Å². The van der Waals surface area contributed by atoms with E-state index in [1.807, 2.05) is 18.2 Å². The lowest BCUT2D eigenvalue weighted by atomic mass is 10.1. The van der Waals surface area contributed by atoms with E-state index in [1.54, 1.807) is 24.3 Å². The van der Waals surface area contributed by atoms with Crippen LogP contribution in [0, 0.1) is 0 Å². The molecule has 148 valence electrons. The summed E-state index contributed by atoms with van der Waals surface area (Å²) in [7, 11) is 0. The SMILES string of the molecule is O=C(NC(CCCNC(=O)c1cccc(O)c1)C(=O)O)OCc1ccccc1. The summed E-state index contributed by atoms with van der Waals surface area (Å²) in [6.07, 6.45) is -0.364. The maximum atomic E-state index is 11.9. The first-order valence-electron chi connectivity index (χ1n) is 8.73. The lowest BCUT2D eigenvalue weighted by molar-refractivity contribution is -0.139. The van der Waals surface area contributed by atoms with E-state index >= 15 is 0 Å². The molecule has 0 heterocycles. The Kier molecular flexibility index (Phi) is 7.83. The quantitative estimate of drug-likeness (QED) is 0.490. The van der Waals surface area contributed by atoms with Crippen LogP contribution < -0.4 is 10.6 Å². The minimum atomic E-state index is -1.18. The molecule has 8 heteroatoms. The van der Waals surface area contributed by atoms with Crippen molar-refractivity contribution in [2.45, 2.75) is 25.5 Å². The summed E-state index contributed by atoms with van der Waals surface area (Å²) < 4.78 is 5.02. The molecule has 0 saturated heterocycles. The molecule has 0 spiro atoms. The number of nitrogens with one attached hydrogen (secondary N) is 2. The lowest BCUT2D eigenvalue weighted by Crippen LogP contribution is -2.41. The Morgan fingerprint density at radius 3 is 2.46 bits per heavy atom. The standard InChI is InChI=1S/C20H22N2O6/c23-16-9-4-8-15(12-16)18(24)21-11-5-10-17(19(25)26)22-20(27)28-13-14-6-2-1-3-7-14/h1-4,6-9,12,17,23H,5,10-11,13H2,(H,21,24)(H,22,27)(H,25,26). The third-order valence-electron chi connectivity index (χ3n) is 3.87. The zero-order chi connectivity index (χ0) is 20.4. The van der Waals surface area contributed by atoms with Gasteiger partial charge in [0.15, 0.2) is 0 Å². The number of phenols is 1. The van der Waals surface area contributed by atoms with E-state index in [0.29, 0.717) is 12.0 Å². The molecule has 1 atom stereocenters. The second-order valence-electron chi connectivity index (χ2n) is 6.05. The molecule has 2 aromatic carbocycles. The Bertz CT molecular complexity index is 809. The zero-order valence-electron chi connectivity index (χ0n) is 15.1. The number of rotatable bonds is 9. The molecule has 28 heavy (non-hydrogen) atoms. The second kappa shape index (κ2) is 10.6.